The van der Waals surface area contributed by atoms with Crippen LogP contribution in [-0.4, -0.2) is 37.1 Å². The van der Waals surface area contributed by atoms with E-state index in [1.165, 1.54) is 22.4 Å². The lowest BCUT2D eigenvalue weighted by Crippen LogP contribution is -2.52. The Hall–Kier alpha value is -2.49. The summed E-state index contributed by atoms with van der Waals surface area (Å²) in [7, 11) is 0. The van der Waals surface area contributed by atoms with Crippen molar-refractivity contribution in [2.75, 3.05) is 31.1 Å². The van der Waals surface area contributed by atoms with Crippen molar-refractivity contribution in [1.29, 1.82) is 0 Å². The Morgan fingerprint density at radius 3 is 2.64 bits per heavy atom. The molecule has 1 aliphatic carbocycles. The summed E-state index contributed by atoms with van der Waals surface area (Å²) in [4.78, 5) is 17.0. The molecule has 0 saturated carbocycles. The Kier molecular flexibility index (Phi) is 4.35. The van der Waals surface area contributed by atoms with Crippen molar-refractivity contribution in [3.8, 4) is 0 Å². The van der Waals surface area contributed by atoms with Crippen LogP contribution in [0.3, 0.4) is 0 Å². The molecule has 1 unspecified atom stereocenters. The molecule has 1 N–H and O–H groups in total. The Morgan fingerprint density at radius 2 is 1.84 bits per heavy atom. The summed E-state index contributed by atoms with van der Waals surface area (Å²) in [5.41, 5.74) is 5.19. The number of urea groups is 1. The highest BCUT2D eigenvalue weighted by Gasteiger charge is 2.27. The summed E-state index contributed by atoms with van der Waals surface area (Å²) in [5, 5.41) is 3.24. The van der Waals surface area contributed by atoms with Gasteiger partial charge in [0.1, 0.15) is 0 Å². The van der Waals surface area contributed by atoms with E-state index in [9.17, 15) is 4.79 Å². The van der Waals surface area contributed by atoms with Crippen LogP contribution in [0.2, 0.25) is 0 Å². The molecule has 2 aliphatic rings. The first kappa shape index (κ1) is 16.0. The molecule has 1 aliphatic heterocycles. The normalized spacial score (nSPS) is 19.6. The van der Waals surface area contributed by atoms with Crippen LogP contribution in [-0.2, 0) is 6.42 Å². The molecule has 1 fully saturated rings. The molecular weight excluding hydrogens is 310 g/mol. The van der Waals surface area contributed by atoms with Crippen molar-refractivity contribution in [3.63, 3.8) is 0 Å². The smallest absolute Gasteiger partial charge is 0.318 e. The zero-order valence-electron chi connectivity index (χ0n) is 14.7. The van der Waals surface area contributed by atoms with E-state index in [-0.39, 0.29) is 12.1 Å². The zero-order valence-corrected chi connectivity index (χ0v) is 14.7. The minimum atomic E-state index is 0.0746. The molecular formula is C21H25N3O. The third-order valence-corrected chi connectivity index (χ3v) is 5.36. The first-order chi connectivity index (χ1) is 12.2. The minimum Gasteiger partial charge on any atom is -0.368 e. The van der Waals surface area contributed by atoms with Crippen LogP contribution in [0.25, 0.3) is 0 Å². The van der Waals surface area contributed by atoms with Crippen molar-refractivity contribution in [2.24, 2.45) is 0 Å². The number of rotatable bonds is 2. The Labute approximate surface area is 149 Å². The number of nitrogens with one attached hydrogen (secondary N) is 1. The lowest BCUT2D eigenvalue weighted by Gasteiger charge is -2.36. The fraction of sp³-hybridized carbons (Fsp3) is 0.381. The predicted molar refractivity (Wildman–Crippen MR) is 101 cm³/mol. The number of benzene rings is 2. The summed E-state index contributed by atoms with van der Waals surface area (Å²) in [6.45, 7) is 5.44. The molecule has 4 heteroatoms. The molecule has 0 spiro atoms. The number of hydrogen-bond donors (Lipinski definition) is 1. The molecule has 130 valence electrons. The lowest BCUT2D eigenvalue weighted by atomic mass is 10.1. The number of carbonyl (C=O) groups is 1. The molecule has 2 aromatic rings. The van der Waals surface area contributed by atoms with Crippen LogP contribution < -0.4 is 10.2 Å². The van der Waals surface area contributed by atoms with Crippen molar-refractivity contribution in [3.05, 3.63) is 65.2 Å². The van der Waals surface area contributed by atoms with Gasteiger partial charge in [0.25, 0.3) is 0 Å². The van der Waals surface area contributed by atoms with Gasteiger partial charge in [-0.2, -0.15) is 0 Å². The second-order valence-corrected chi connectivity index (χ2v) is 7.05. The number of aryl methyl sites for hydroxylation is 2. The summed E-state index contributed by atoms with van der Waals surface area (Å²) in [5.74, 6) is 0. The van der Waals surface area contributed by atoms with Crippen molar-refractivity contribution < 1.29 is 4.79 Å². The van der Waals surface area contributed by atoms with E-state index in [0.29, 0.717) is 0 Å². The maximum Gasteiger partial charge on any atom is 0.318 e. The number of nitrogens with zero attached hydrogens (tertiary/aromatic N) is 2. The van der Waals surface area contributed by atoms with Gasteiger partial charge in [0.05, 0.1) is 6.04 Å². The fourth-order valence-electron chi connectivity index (χ4n) is 3.94. The van der Waals surface area contributed by atoms with Crippen molar-refractivity contribution >= 4 is 11.7 Å². The number of fused-ring (bicyclic) bond motifs is 1. The Bertz CT molecular complexity index is 765. The van der Waals surface area contributed by atoms with Crippen LogP contribution >= 0.6 is 0 Å². The van der Waals surface area contributed by atoms with Gasteiger partial charge in [-0.25, -0.2) is 4.79 Å². The molecule has 4 rings (SSSR count). The second kappa shape index (κ2) is 6.79. The first-order valence-electron chi connectivity index (χ1n) is 9.15. The number of hydrogen-bond acceptors (Lipinski definition) is 2. The third kappa shape index (κ3) is 3.34. The molecule has 0 radical (unpaired) electrons. The number of anilines is 1. The average molecular weight is 335 g/mol. The van der Waals surface area contributed by atoms with E-state index in [4.69, 9.17) is 0 Å². The maximum absolute atomic E-state index is 12.7. The number of amides is 2. The number of piperazine rings is 1. The van der Waals surface area contributed by atoms with Crippen LogP contribution in [0, 0.1) is 6.92 Å². The second-order valence-electron chi connectivity index (χ2n) is 7.05. The van der Waals surface area contributed by atoms with Gasteiger partial charge in [0.2, 0.25) is 0 Å². The largest absolute Gasteiger partial charge is 0.368 e. The minimum absolute atomic E-state index is 0.0746. The van der Waals surface area contributed by atoms with Gasteiger partial charge in [-0.15, -0.1) is 0 Å². The highest BCUT2D eigenvalue weighted by molar-refractivity contribution is 5.75. The quantitative estimate of drug-likeness (QED) is 0.911. The lowest BCUT2D eigenvalue weighted by molar-refractivity contribution is 0.190. The topological polar surface area (TPSA) is 35.6 Å². The van der Waals surface area contributed by atoms with Crippen molar-refractivity contribution in [1.82, 2.24) is 10.2 Å². The molecule has 2 amide bonds. The molecule has 25 heavy (non-hydrogen) atoms. The van der Waals surface area contributed by atoms with E-state index in [2.05, 4.69) is 65.7 Å². The summed E-state index contributed by atoms with van der Waals surface area (Å²) < 4.78 is 0. The van der Waals surface area contributed by atoms with Gasteiger partial charge >= 0.3 is 6.03 Å². The van der Waals surface area contributed by atoms with Crippen LogP contribution in [0.4, 0.5) is 10.5 Å². The van der Waals surface area contributed by atoms with E-state index in [1.807, 2.05) is 4.90 Å². The maximum atomic E-state index is 12.7. The number of carbonyl (C=O) groups excluding carboxylic acids is 1. The van der Waals surface area contributed by atoms with Gasteiger partial charge < -0.3 is 15.1 Å². The van der Waals surface area contributed by atoms with Crippen LogP contribution in [0.5, 0.6) is 0 Å². The molecule has 0 aromatic heterocycles. The van der Waals surface area contributed by atoms with Crippen LogP contribution in [0.15, 0.2) is 48.5 Å². The Morgan fingerprint density at radius 1 is 1.04 bits per heavy atom. The van der Waals surface area contributed by atoms with Crippen molar-refractivity contribution in [2.45, 2.75) is 25.8 Å². The van der Waals surface area contributed by atoms with Crippen LogP contribution in [0.1, 0.15) is 29.2 Å². The average Bonchev–Trinajstić information content (AvgIpc) is 3.05. The van der Waals surface area contributed by atoms with Gasteiger partial charge in [-0.1, -0.05) is 36.4 Å². The van der Waals surface area contributed by atoms with Gasteiger partial charge in [0, 0.05) is 31.9 Å². The fourth-order valence-corrected chi connectivity index (χ4v) is 3.94. The molecule has 2 aromatic carbocycles. The molecule has 4 nitrogen and oxygen atoms in total. The molecule has 1 heterocycles. The Balaban J connectivity index is 1.34. The van der Waals surface area contributed by atoms with Gasteiger partial charge in [-0.3, -0.25) is 0 Å². The standard InChI is InChI=1S/C21H25N3O/c1-16-5-4-7-18(15-16)23-11-13-24(14-12-23)21(25)22-20-10-9-17-6-2-3-8-19(17)20/h2-8,15,20H,9-14H2,1H3,(H,22,25). The van der Waals surface area contributed by atoms with Gasteiger partial charge in [0.15, 0.2) is 0 Å². The monoisotopic (exact) mass is 335 g/mol. The summed E-state index contributed by atoms with van der Waals surface area (Å²) >= 11 is 0. The molecule has 1 saturated heterocycles. The summed E-state index contributed by atoms with van der Waals surface area (Å²) in [6, 6.07) is 17.3. The van der Waals surface area contributed by atoms with E-state index in [1.54, 1.807) is 0 Å². The van der Waals surface area contributed by atoms with E-state index < -0.39 is 0 Å². The SMILES string of the molecule is Cc1cccc(N2CCN(C(=O)NC3CCc4ccccc43)CC2)c1. The van der Waals surface area contributed by atoms with E-state index in [0.717, 1.165) is 39.0 Å². The predicted octanol–water partition coefficient (Wildman–Crippen LogP) is 3.51. The molecule has 1 atom stereocenters. The third-order valence-electron chi connectivity index (χ3n) is 5.36. The van der Waals surface area contributed by atoms with Gasteiger partial charge in [-0.05, 0) is 48.6 Å². The highest BCUT2D eigenvalue weighted by atomic mass is 16.2. The summed E-state index contributed by atoms with van der Waals surface area (Å²) in [6.07, 6.45) is 2.07. The molecule has 0 bridgehead atoms. The zero-order chi connectivity index (χ0) is 17.2. The first-order valence-corrected chi connectivity index (χ1v) is 9.15. The highest BCUT2D eigenvalue weighted by Crippen LogP contribution is 2.30. The van der Waals surface area contributed by atoms with E-state index >= 15 is 0 Å².